The van der Waals surface area contributed by atoms with Crippen molar-refractivity contribution >= 4 is 23.3 Å². The topological polar surface area (TPSA) is 91.8 Å². The summed E-state index contributed by atoms with van der Waals surface area (Å²) >= 11 is 0. The molecule has 0 spiro atoms. The zero-order chi connectivity index (χ0) is 21.8. The van der Waals surface area contributed by atoms with E-state index in [1.165, 1.54) is 12.3 Å². The molecule has 2 heterocycles. The summed E-state index contributed by atoms with van der Waals surface area (Å²) in [5.41, 5.74) is 4.79. The Kier molecular flexibility index (Phi) is 5.95. The van der Waals surface area contributed by atoms with Crippen molar-refractivity contribution in [3.8, 4) is 11.3 Å². The van der Waals surface area contributed by atoms with Gasteiger partial charge in [-0.25, -0.2) is 4.79 Å². The summed E-state index contributed by atoms with van der Waals surface area (Å²) in [6, 6.07) is 16.3. The number of nitrogens with one attached hydrogen (secondary N) is 1. The highest BCUT2D eigenvalue weighted by Gasteiger charge is 2.13. The van der Waals surface area contributed by atoms with Gasteiger partial charge < -0.3 is 20.1 Å². The molecule has 1 amide bonds. The number of hydrogen-bond donors (Lipinski definition) is 2. The Balaban J connectivity index is 1.49. The molecule has 1 saturated heterocycles. The molecule has 31 heavy (non-hydrogen) atoms. The number of morpholine rings is 1. The van der Waals surface area contributed by atoms with E-state index in [2.05, 4.69) is 15.2 Å². The molecule has 158 valence electrons. The maximum Gasteiger partial charge on any atom is 0.337 e. The summed E-state index contributed by atoms with van der Waals surface area (Å²) in [7, 11) is 0. The van der Waals surface area contributed by atoms with Crippen LogP contribution in [0.1, 0.15) is 26.3 Å². The van der Waals surface area contributed by atoms with Crippen LogP contribution in [0.4, 0.5) is 11.4 Å². The van der Waals surface area contributed by atoms with E-state index in [1.54, 1.807) is 18.2 Å². The van der Waals surface area contributed by atoms with E-state index in [0.29, 0.717) is 16.9 Å². The molecule has 3 aromatic rings. The zero-order valence-corrected chi connectivity index (χ0v) is 17.2. The molecule has 1 aromatic heterocycles. The number of ether oxygens (including phenoxy) is 1. The van der Waals surface area contributed by atoms with Crippen LogP contribution in [0, 0.1) is 6.92 Å². The largest absolute Gasteiger partial charge is 0.478 e. The van der Waals surface area contributed by atoms with E-state index in [4.69, 9.17) is 9.84 Å². The summed E-state index contributed by atoms with van der Waals surface area (Å²) in [6.45, 7) is 5.09. The van der Waals surface area contributed by atoms with Crippen molar-refractivity contribution < 1.29 is 19.4 Å². The minimum atomic E-state index is -1.02. The molecule has 1 aliphatic rings. The van der Waals surface area contributed by atoms with Crippen molar-refractivity contribution in [2.45, 2.75) is 6.92 Å². The van der Waals surface area contributed by atoms with Crippen LogP contribution in [0.15, 0.2) is 60.8 Å². The van der Waals surface area contributed by atoms with Gasteiger partial charge in [0.2, 0.25) is 0 Å². The highest BCUT2D eigenvalue weighted by molar-refractivity contribution is 6.05. The quantitative estimate of drug-likeness (QED) is 0.655. The predicted molar refractivity (Wildman–Crippen MR) is 119 cm³/mol. The summed E-state index contributed by atoms with van der Waals surface area (Å²) < 4.78 is 5.38. The minimum Gasteiger partial charge on any atom is -0.478 e. The number of aromatic nitrogens is 1. The third-order valence-corrected chi connectivity index (χ3v) is 5.29. The molecule has 1 fully saturated rings. The number of aryl methyl sites for hydroxylation is 1. The number of carboxylic acids is 1. The van der Waals surface area contributed by atoms with Crippen LogP contribution < -0.4 is 10.2 Å². The Hall–Kier alpha value is -3.71. The van der Waals surface area contributed by atoms with E-state index < -0.39 is 5.97 Å². The van der Waals surface area contributed by atoms with Gasteiger partial charge in [0.15, 0.2) is 0 Å². The number of amides is 1. The number of carbonyl (C=O) groups excluding carboxylic acids is 1. The van der Waals surface area contributed by atoms with Gasteiger partial charge in [0, 0.05) is 41.8 Å². The summed E-state index contributed by atoms with van der Waals surface area (Å²) in [5, 5.41) is 12.0. The zero-order valence-electron chi connectivity index (χ0n) is 17.2. The van der Waals surface area contributed by atoms with Gasteiger partial charge >= 0.3 is 5.97 Å². The lowest BCUT2D eigenvalue weighted by Gasteiger charge is -2.28. The molecule has 1 aliphatic heterocycles. The van der Waals surface area contributed by atoms with Gasteiger partial charge in [0.25, 0.3) is 5.91 Å². The van der Waals surface area contributed by atoms with Gasteiger partial charge in [-0.05, 0) is 61.0 Å². The second-order valence-electron chi connectivity index (χ2n) is 7.37. The molecule has 7 heteroatoms. The molecule has 7 nitrogen and oxygen atoms in total. The number of benzene rings is 2. The van der Waals surface area contributed by atoms with Crippen molar-refractivity contribution in [1.29, 1.82) is 0 Å². The number of carboxylic acid groups (broad SMARTS) is 1. The Morgan fingerprint density at radius 2 is 1.71 bits per heavy atom. The second kappa shape index (κ2) is 8.97. The number of hydrogen-bond acceptors (Lipinski definition) is 5. The Morgan fingerprint density at radius 1 is 1.00 bits per heavy atom. The van der Waals surface area contributed by atoms with Crippen molar-refractivity contribution in [2.24, 2.45) is 0 Å². The molecule has 0 radical (unpaired) electrons. The maximum atomic E-state index is 12.8. The highest BCUT2D eigenvalue weighted by atomic mass is 16.5. The fourth-order valence-electron chi connectivity index (χ4n) is 3.50. The first-order valence-corrected chi connectivity index (χ1v) is 10.1. The fourth-order valence-corrected chi connectivity index (χ4v) is 3.50. The summed E-state index contributed by atoms with van der Waals surface area (Å²) in [6.07, 6.45) is 1.32. The second-order valence-corrected chi connectivity index (χ2v) is 7.37. The van der Waals surface area contributed by atoms with Gasteiger partial charge in [0.05, 0.1) is 24.5 Å². The number of aromatic carboxylic acids is 1. The van der Waals surface area contributed by atoms with Crippen LogP contribution in [0.2, 0.25) is 0 Å². The molecule has 0 unspecified atom stereocenters. The first-order chi connectivity index (χ1) is 15.0. The van der Waals surface area contributed by atoms with Gasteiger partial charge in [-0.3, -0.25) is 9.78 Å². The fraction of sp³-hybridized carbons (Fsp3) is 0.208. The molecule has 4 rings (SSSR count). The molecular formula is C24H23N3O4. The molecule has 2 N–H and O–H groups in total. The highest BCUT2D eigenvalue weighted by Crippen LogP contribution is 2.24. The lowest BCUT2D eigenvalue weighted by atomic mass is 10.0. The monoisotopic (exact) mass is 417 g/mol. The smallest absolute Gasteiger partial charge is 0.337 e. The number of carbonyl (C=O) groups is 2. The average molecular weight is 417 g/mol. The van der Waals surface area contributed by atoms with Crippen molar-refractivity contribution in [3.63, 3.8) is 0 Å². The SMILES string of the molecule is Cc1ccc(C(=O)Nc2ccc(N3CCOCC3)cc2)cc1-c1ccc(C(=O)O)cn1. The third-order valence-electron chi connectivity index (χ3n) is 5.29. The van der Waals surface area contributed by atoms with Gasteiger partial charge in [-0.15, -0.1) is 0 Å². The number of pyridine rings is 1. The Morgan fingerprint density at radius 3 is 2.35 bits per heavy atom. The van der Waals surface area contributed by atoms with Crippen LogP contribution in [-0.2, 0) is 4.74 Å². The molecular weight excluding hydrogens is 394 g/mol. The maximum absolute atomic E-state index is 12.8. The Bertz CT molecular complexity index is 1090. The van der Waals surface area contributed by atoms with Crippen LogP contribution in [0.3, 0.4) is 0 Å². The Labute approximate surface area is 180 Å². The third kappa shape index (κ3) is 4.73. The van der Waals surface area contributed by atoms with Crippen LogP contribution >= 0.6 is 0 Å². The number of anilines is 2. The predicted octanol–water partition coefficient (Wildman–Crippen LogP) is 3.84. The molecule has 0 atom stereocenters. The van der Waals surface area contributed by atoms with Crippen LogP contribution in [0.5, 0.6) is 0 Å². The number of rotatable bonds is 5. The average Bonchev–Trinajstić information content (AvgIpc) is 2.80. The van der Waals surface area contributed by atoms with Crippen LogP contribution in [0.25, 0.3) is 11.3 Å². The molecule has 0 bridgehead atoms. The molecule has 0 aliphatic carbocycles. The standard InChI is InChI=1S/C24H23N3O4/c1-16-2-3-17(14-21(16)22-9-4-18(15-25-22)24(29)30)23(28)26-19-5-7-20(8-6-19)27-10-12-31-13-11-27/h2-9,14-15H,10-13H2,1H3,(H,26,28)(H,29,30). The van der Waals surface area contributed by atoms with E-state index in [0.717, 1.165) is 43.1 Å². The normalized spacial score (nSPS) is 13.6. The summed E-state index contributed by atoms with van der Waals surface area (Å²) in [4.78, 5) is 30.3. The lowest BCUT2D eigenvalue weighted by Crippen LogP contribution is -2.36. The first-order valence-electron chi connectivity index (χ1n) is 10.1. The van der Waals surface area contributed by atoms with Gasteiger partial charge in [0.1, 0.15) is 0 Å². The van der Waals surface area contributed by atoms with E-state index >= 15 is 0 Å². The first kappa shape index (κ1) is 20.6. The minimum absolute atomic E-state index is 0.121. The number of nitrogens with zero attached hydrogens (tertiary/aromatic N) is 2. The molecule has 0 saturated carbocycles. The van der Waals surface area contributed by atoms with Crippen LogP contribution in [-0.4, -0.2) is 48.3 Å². The van der Waals surface area contributed by atoms with E-state index in [-0.39, 0.29) is 11.5 Å². The van der Waals surface area contributed by atoms with E-state index in [9.17, 15) is 9.59 Å². The van der Waals surface area contributed by atoms with Gasteiger partial charge in [-0.2, -0.15) is 0 Å². The van der Waals surface area contributed by atoms with E-state index in [1.807, 2.05) is 37.3 Å². The van der Waals surface area contributed by atoms with Gasteiger partial charge in [-0.1, -0.05) is 6.07 Å². The molecule has 2 aromatic carbocycles. The van der Waals surface area contributed by atoms with Crippen molar-refractivity contribution in [1.82, 2.24) is 4.98 Å². The summed E-state index contributed by atoms with van der Waals surface area (Å²) in [5.74, 6) is -1.24. The van der Waals surface area contributed by atoms with Crippen molar-refractivity contribution in [3.05, 3.63) is 77.5 Å². The van der Waals surface area contributed by atoms with Crippen molar-refractivity contribution in [2.75, 3.05) is 36.5 Å². The lowest BCUT2D eigenvalue weighted by molar-refractivity contribution is 0.0696.